The van der Waals surface area contributed by atoms with Gasteiger partial charge in [-0.3, -0.25) is 0 Å². The highest BCUT2D eigenvalue weighted by Gasteiger charge is 2.36. The maximum atomic E-state index is 16.1. The van der Waals surface area contributed by atoms with E-state index in [-0.39, 0.29) is 48.3 Å². The van der Waals surface area contributed by atoms with Crippen LogP contribution in [-0.2, 0) is 40.8 Å². The quantitative estimate of drug-likeness (QED) is 0.0989. The number of nitrogens with zero attached hydrogens (tertiary/aromatic N) is 7. The Kier molecular flexibility index (Phi) is 14.4. The fourth-order valence-corrected chi connectivity index (χ4v) is 10.1. The van der Waals surface area contributed by atoms with Gasteiger partial charge in [-0.1, -0.05) is 54.6 Å². The molecule has 1 saturated heterocycles. The molecule has 1 aliphatic carbocycles. The van der Waals surface area contributed by atoms with Crippen LogP contribution in [0.1, 0.15) is 80.7 Å². The molecule has 14 nitrogen and oxygen atoms in total. The van der Waals surface area contributed by atoms with Crippen LogP contribution in [0.5, 0.6) is 17.2 Å². The second-order valence-corrected chi connectivity index (χ2v) is 19.3. The number of benzene rings is 4. The number of tetrazole rings is 1. The average molecular weight is 888 g/mol. The summed E-state index contributed by atoms with van der Waals surface area (Å²) in [6.07, 6.45) is 5.21. The average Bonchev–Trinajstić information content (AvgIpc) is 3.77. The number of ether oxygens (including phenoxy) is 4. The van der Waals surface area contributed by atoms with Crippen molar-refractivity contribution in [2.45, 2.75) is 89.4 Å². The number of rotatable bonds is 15. The molecule has 7 rings (SSSR count). The normalized spacial score (nSPS) is 15.9. The number of aromatic nitrogens is 4. The summed E-state index contributed by atoms with van der Waals surface area (Å²) in [6, 6.07) is 28.7. The van der Waals surface area contributed by atoms with E-state index in [9.17, 15) is 10.1 Å². The van der Waals surface area contributed by atoms with Crippen LogP contribution in [-0.4, -0.2) is 83.9 Å². The lowest BCUT2D eigenvalue weighted by Crippen LogP contribution is -2.42. The van der Waals surface area contributed by atoms with Gasteiger partial charge in [-0.25, -0.2) is 13.2 Å². The highest BCUT2D eigenvalue weighted by Crippen LogP contribution is 2.42. The van der Waals surface area contributed by atoms with Crippen molar-refractivity contribution in [3.63, 3.8) is 0 Å². The summed E-state index contributed by atoms with van der Waals surface area (Å²) in [7, 11) is 0.408. The molecule has 2 aliphatic rings. The molecular formula is C49H57N7O7S. The van der Waals surface area contributed by atoms with Gasteiger partial charge >= 0.3 is 6.09 Å². The molecule has 1 aromatic heterocycles. The number of piperidine rings is 1. The standard InChI is InChI=1S/C49H57N7O7S/c1-49(2,3)63-48(57)54-27-25-34(26-28-54)29-40-17-24-44(39-15-7-35(30-50)8-16-39)45(47-51-53-56(52-47)33-38-13-22-43(62-6)23-14-38)46(40)64(58,59)55(31-36-9-18-41(60-4)19-10-36)32-37-11-20-42(61-5)21-12-37/h9-15,17-24,34-35H,7-8,16,25-29,31-33H2,1-6H3. The third-order valence-electron chi connectivity index (χ3n) is 11.7. The van der Waals surface area contributed by atoms with Gasteiger partial charge < -0.3 is 23.8 Å². The minimum atomic E-state index is -4.39. The lowest BCUT2D eigenvalue weighted by Gasteiger charge is -2.34. The van der Waals surface area contributed by atoms with E-state index in [0.29, 0.717) is 79.8 Å². The van der Waals surface area contributed by atoms with Gasteiger partial charge in [0.15, 0.2) is 0 Å². The zero-order valence-corrected chi connectivity index (χ0v) is 38.3. The Hall–Kier alpha value is -6.24. The molecule has 5 aromatic rings. The number of carbonyl (C=O) groups excluding carboxylic acids is 1. The first kappa shape index (κ1) is 45.8. The van der Waals surface area contributed by atoms with Crippen molar-refractivity contribution in [2.75, 3.05) is 34.4 Å². The van der Waals surface area contributed by atoms with Crippen LogP contribution in [0.2, 0.25) is 0 Å². The van der Waals surface area contributed by atoms with E-state index in [0.717, 1.165) is 28.0 Å². The fourth-order valence-electron chi connectivity index (χ4n) is 8.25. The molecule has 64 heavy (non-hydrogen) atoms. The summed E-state index contributed by atoms with van der Waals surface area (Å²) in [4.78, 5) is 16.4. The first-order valence-corrected chi connectivity index (χ1v) is 23.1. The number of methoxy groups -OCH3 is 3. The molecule has 336 valence electrons. The third-order valence-corrected chi connectivity index (χ3v) is 13.7. The highest BCUT2D eigenvalue weighted by atomic mass is 32.2. The Morgan fingerprint density at radius 3 is 1.88 bits per heavy atom. The monoisotopic (exact) mass is 887 g/mol. The van der Waals surface area contributed by atoms with E-state index in [2.05, 4.69) is 16.4 Å². The van der Waals surface area contributed by atoms with E-state index in [1.807, 2.05) is 112 Å². The van der Waals surface area contributed by atoms with Gasteiger partial charge in [0.1, 0.15) is 22.8 Å². The summed E-state index contributed by atoms with van der Waals surface area (Å²) in [5, 5.41) is 23.8. The van der Waals surface area contributed by atoms with Crippen molar-refractivity contribution in [3.05, 3.63) is 119 Å². The molecule has 1 unspecified atom stereocenters. The number of likely N-dealkylation sites (tertiary alicyclic amines) is 1. The molecule has 0 N–H and O–H groups in total. The largest absolute Gasteiger partial charge is 0.497 e. The molecule has 4 aromatic carbocycles. The van der Waals surface area contributed by atoms with Gasteiger partial charge in [-0.15, -0.1) is 10.2 Å². The lowest BCUT2D eigenvalue weighted by molar-refractivity contribution is 0.0184. The van der Waals surface area contributed by atoms with Crippen LogP contribution >= 0.6 is 0 Å². The van der Waals surface area contributed by atoms with E-state index in [1.54, 1.807) is 26.2 Å². The Labute approximate surface area is 376 Å². The molecule has 1 aliphatic heterocycles. The van der Waals surface area contributed by atoms with Gasteiger partial charge in [0, 0.05) is 26.2 Å². The van der Waals surface area contributed by atoms with E-state index < -0.39 is 15.6 Å². The van der Waals surface area contributed by atoms with Crippen molar-refractivity contribution >= 4 is 21.7 Å². The van der Waals surface area contributed by atoms with Crippen LogP contribution in [0, 0.1) is 23.2 Å². The van der Waals surface area contributed by atoms with Gasteiger partial charge in [-0.05, 0) is 140 Å². The molecular weight excluding hydrogens is 831 g/mol. The van der Waals surface area contributed by atoms with Crippen molar-refractivity contribution < 1.29 is 32.2 Å². The zero-order chi connectivity index (χ0) is 45.4. The van der Waals surface area contributed by atoms with Crippen molar-refractivity contribution in [2.24, 2.45) is 11.8 Å². The molecule has 15 heteroatoms. The number of hydrogen-bond donors (Lipinski definition) is 0. The molecule has 2 heterocycles. The first-order valence-electron chi connectivity index (χ1n) is 21.7. The van der Waals surface area contributed by atoms with E-state index >= 15 is 8.42 Å². The minimum Gasteiger partial charge on any atom is -0.497 e. The van der Waals surface area contributed by atoms with Gasteiger partial charge in [0.2, 0.25) is 15.8 Å². The van der Waals surface area contributed by atoms with Crippen LogP contribution in [0.3, 0.4) is 0 Å². The highest BCUT2D eigenvalue weighted by molar-refractivity contribution is 7.89. The van der Waals surface area contributed by atoms with Gasteiger partial charge in [0.25, 0.3) is 0 Å². The third kappa shape index (κ3) is 11.1. The SMILES string of the molecule is COc1ccc(CN(Cc2ccc(OC)cc2)S(=O)(=O)c2c(CC3CCN(C(=O)OC(C)(C)C)CC3)ccc(C3=CCC(C#N)CC3)c2-c2nnn(Cc3ccc(OC)cc3)n2)cc1. The number of allylic oxidation sites excluding steroid dienone is 2. The van der Waals surface area contributed by atoms with E-state index in [1.165, 1.54) is 9.10 Å². The van der Waals surface area contributed by atoms with Crippen LogP contribution in [0.4, 0.5) is 4.79 Å². The molecule has 1 fully saturated rings. The van der Waals surface area contributed by atoms with Crippen LogP contribution < -0.4 is 14.2 Å². The smallest absolute Gasteiger partial charge is 0.410 e. The summed E-state index contributed by atoms with van der Waals surface area (Å²) < 4.78 is 55.5. The molecule has 1 amide bonds. The lowest BCUT2D eigenvalue weighted by atomic mass is 9.84. The zero-order valence-electron chi connectivity index (χ0n) is 37.5. The Morgan fingerprint density at radius 1 is 0.812 bits per heavy atom. The van der Waals surface area contributed by atoms with Crippen molar-refractivity contribution in [1.29, 1.82) is 5.26 Å². The summed E-state index contributed by atoms with van der Waals surface area (Å²) in [5.74, 6) is 2.15. The second-order valence-electron chi connectivity index (χ2n) is 17.4. The first-order chi connectivity index (χ1) is 30.8. The van der Waals surface area contributed by atoms with E-state index in [4.69, 9.17) is 24.0 Å². The topological polar surface area (TPSA) is 162 Å². The molecule has 0 spiro atoms. The Bertz CT molecular complexity index is 2520. The van der Waals surface area contributed by atoms with Crippen molar-refractivity contribution in [3.8, 4) is 34.7 Å². The Balaban J connectivity index is 1.37. The number of sulfonamides is 1. The number of nitriles is 1. The minimum absolute atomic E-state index is 0.0554. The number of hydrogen-bond acceptors (Lipinski definition) is 11. The maximum Gasteiger partial charge on any atom is 0.410 e. The molecule has 0 radical (unpaired) electrons. The van der Waals surface area contributed by atoms with Gasteiger partial charge in [-0.2, -0.15) is 14.4 Å². The molecule has 0 saturated carbocycles. The van der Waals surface area contributed by atoms with Crippen LogP contribution in [0.25, 0.3) is 17.0 Å². The summed E-state index contributed by atoms with van der Waals surface area (Å²) >= 11 is 0. The Morgan fingerprint density at radius 2 is 1.38 bits per heavy atom. The number of carbonyl (C=O) groups is 1. The fraction of sp³-hybridized carbons (Fsp3) is 0.408. The second kappa shape index (κ2) is 20.1. The summed E-state index contributed by atoms with van der Waals surface area (Å²) in [6.45, 7) is 6.93. The van der Waals surface area contributed by atoms with Crippen LogP contribution in [0.15, 0.2) is 95.9 Å². The molecule has 1 atom stereocenters. The van der Waals surface area contributed by atoms with Crippen molar-refractivity contribution in [1.82, 2.24) is 29.4 Å². The molecule has 0 bridgehead atoms. The number of amides is 1. The summed E-state index contributed by atoms with van der Waals surface area (Å²) in [5.41, 5.74) is 4.46. The predicted molar refractivity (Wildman–Crippen MR) is 243 cm³/mol. The van der Waals surface area contributed by atoms with Gasteiger partial charge in [0.05, 0.1) is 50.3 Å². The maximum absolute atomic E-state index is 16.1. The predicted octanol–water partition coefficient (Wildman–Crippen LogP) is 8.70.